The maximum atomic E-state index is 12.7. The van der Waals surface area contributed by atoms with Crippen LogP contribution in [0.15, 0.2) is 6.20 Å². The topological polar surface area (TPSA) is 47.4 Å². The van der Waals surface area contributed by atoms with Crippen molar-refractivity contribution in [3.63, 3.8) is 0 Å². The van der Waals surface area contributed by atoms with E-state index in [0.29, 0.717) is 23.8 Å². The molecule has 1 amide bonds. The highest BCUT2D eigenvalue weighted by molar-refractivity contribution is 5.76. The minimum absolute atomic E-state index is 0.375. The molecule has 1 saturated carbocycles. The molecule has 5 heteroatoms. The summed E-state index contributed by atoms with van der Waals surface area (Å²) in [5.74, 6) is 2.74. The largest absolute Gasteiger partial charge is 0.381 e. The van der Waals surface area contributed by atoms with Gasteiger partial charge in [-0.1, -0.05) is 12.8 Å². The van der Waals surface area contributed by atoms with Crippen LogP contribution in [-0.4, -0.2) is 46.7 Å². The smallest absolute Gasteiger partial charge is 0.222 e. The number of amides is 1. The van der Waals surface area contributed by atoms with E-state index in [1.54, 1.807) is 0 Å². The van der Waals surface area contributed by atoms with Crippen LogP contribution >= 0.6 is 0 Å². The Balaban J connectivity index is 1.42. The molecule has 1 aromatic heterocycles. The van der Waals surface area contributed by atoms with E-state index < -0.39 is 0 Å². The lowest BCUT2D eigenvalue weighted by atomic mass is 9.99. The van der Waals surface area contributed by atoms with Gasteiger partial charge in [0, 0.05) is 50.5 Å². The van der Waals surface area contributed by atoms with Gasteiger partial charge in [-0.2, -0.15) is 0 Å². The minimum Gasteiger partial charge on any atom is -0.381 e. The molecule has 1 unspecified atom stereocenters. The fourth-order valence-electron chi connectivity index (χ4n) is 4.97. The molecule has 0 radical (unpaired) electrons. The first-order valence-corrected chi connectivity index (χ1v) is 10.1. The predicted molar refractivity (Wildman–Crippen MR) is 96.6 cm³/mol. The van der Waals surface area contributed by atoms with E-state index in [9.17, 15) is 4.79 Å². The number of rotatable bonds is 4. The molecule has 138 valence electrons. The Morgan fingerprint density at radius 3 is 2.72 bits per heavy atom. The molecule has 4 rings (SSSR count). The van der Waals surface area contributed by atoms with Crippen molar-refractivity contribution in [2.75, 3.05) is 26.3 Å². The summed E-state index contributed by atoms with van der Waals surface area (Å²) in [5, 5.41) is 0. The molecule has 0 aromatic carbocycles. The van der Waals surface area contributed by atoms with Gasteiger partial charge in [0.1, 0.15) is 5.82 Å². The predicted octanol–water partition coefficient (Wildman–Crippen LogP) is 3.44. The Kier molecular flexibility index (Phi) is 5.11. The second-order valence-electron chi connectivity index (χ2n) is 8.15. The van der Waals surface area contributed by atoms with Gasteiger partial charge in [0.05, 0.1) is 6.04 Å². The molecule has 3 aliphatic rings. The molecule has 0 spiro atoms. The van der Waals surface area contributed by atoms with Gasteiger partial charge in [-0.3, -0.25) is 4.79 Å². The molecule has 3 heterocycles. The van der Waals surface area contributed by atoms with E-state index in [1.807, 2.05) is 6.20 Å². The number of aromatic nitrogens is 2. The van der Waals surface area contributed by atoms with Crippen LogP contribution in [0.4, 0.5) is 0 Å². The molecule has 2 saturated heterocycles. The number of carbonyl (C=O) groups excluding carboxylic acids is 1. The number of hydrogen-bond donors (Lipinski definition) is 0. The Labute approximate surface area is 150 Å². The van der Waals surface area contributed by atoms with Gasteiger partial charge in [-0.05, 0) is 44.9 Å². The van der Waals surface area contributed by atoms with Crippen molar-refractivity contribution in [3.05, 3.63) is 17.7 Å². The molecule has 1 aliphatic carbocycles. The fraction of sp³-hybridized carbons (Fsp3) is 0.800. The number of imidazole rings is 1. The second-order valence-corrected chi connectivity index (χ2v) is 8.15. The van der Waals surface area contributed by atoms with Crippen LogP contribution in [0.5, 0.6) is 0 Å². The van der Waals surface area contributed by atoms with Crippen LogP contribution < -0.4 is 0 Å². The summed E-state index contributed by atoms with van der Waals surface area (Å²) in [6.45, 7) is 5.60. The van der Waals surface area contributed by atoms with Crippen LogP contribution in [0.25, 0.3) is 0 Å². The lowest BCUT2D eigenvalue weighted by molar-refractivity contribution is -0.131. The molecule has 2 aliphatic heterocycles. The van der Waals surface area contributed by atoms with Gasteiger partial charge >= 0.3 is 0 Å². The lowest BCUT2D eigenvalue weighted by Crippen LogP contribution is -2.31. The zero-order valence-corrected chi connectivity index (χ0v) is 15.5. The number of aryl methyl sites for hydroxylation is 1. The Hall–Kier alpha value is -1.36. The maximum Gasteiger partial charge on any atom is 0.222 e. The molecular weight excluding hydrogens is 314 g/mol. The van der Waals surface area contributed by atoms with Crippen molar-refractivity contribution in [2.24, 2.45) is 5.92 Å². The van der Waals surface area contributed by atoms with E-state index in [2.05, 4.69) is 16.4 Å². The maximum absolute atomic E-state index is 12.7. The molecule has 1 atom stereocenters. The van der Waals surface area contributed by atoms with Crippen molar-refractivity contribution in [3.8, 4) is 0 Å². The van der Waals surface area contributed by atoms with Crippen LogP contribution in [0, 0.1) is 12.8 Å². The summed E-state index contributed by atoms with van der Waals surface area (Å²) in [5.41, 5.74) is 1.23. The standard InChI is InChI=1S/C20H31N3O2/c1-15-13-21-20(17-7-10-25-11-8-17)23(15)18-6-9-22(14-18)19(24)12-16-4-2-3-5-16/h13,16-18H,2-12,14H2,1H3. The highest BCUT2D eigenvalue weighted by atomic mass is 16.5. The van der Waals surface area contributed by atoms with Crippen molar-refractivity contribution < 1.29 is 9.53 Å². The van der Waals surface area contributed by atoms with Crippen LogP contribution in [0.2, 0.25) is 0 Å². The summed E-state index contributed by atoms with van der Waals surface area (Å²) < 4.78 is 7.94. The first-order chi connectivity index (χ1) is 12.2. The molecule has 3 fully saturated rings. The summed E-state index contributed by atoms with van der Waals surface area (Å²) in [6.07, 6.45) is 11.1. The van der Waals surface area contributed by atoms with Crippen molar-refractivity contribution in [1.82, 2.24) is 14.5 Å². The highest BCUT2D eigenvalue weighted by Crippen LogP contribution is 2.33. The van der Waals surface area contributed by atoms with Gasteiger partial charge in [-0.15, -0.1) is 0 Å². The van der Waals surface area contributed by atoms with Gasteiger partial charge in [0.25, 0.3) is 0 Å². The molecule has 0 N–H and O–H groups in total. The third-order valence-electron chi connectivity index (χ3n) is 6.42. The first kappa shape index (κ1) is 17.1. The van der Waals surface area contributed by atoms with E-state index in [-0.39, 0.29) is 0 Å². The zero-order valence-electron chi connectivity index (χ0n) is 15.5. The van der Waals surface area contributed by atoms with E-state index in [4.69, 9.17) is 9.72 Å². The Bertz CT molecular complexity index is 600. The molecule has 5 nitrogen and oxygen atoms in total. The second kappa shape index (κ2) is 7.48. The minimum atomic E-state index is 0.375. The van der Waals surface area contributed by atoms with Crippen LogP contribution in [-0.2, 0) is 9.53 Å². The quantitative estimate of drug-likeness (QED) is 0.840. The van der Waals surface area contributed by atoms with Gasteiger partial charge < -0.3 is 14.2 Å². The van der Waals surface area contributed by atoms with Crippen LogP contribution in [0.3, 0.4) is 0 Å². The monoisotopic (exact) mass is 345 g/mol. The normalized spacial score (nSPS) is 25.8. The number of ether oxygens (including phenoxy) is 1. The number of carbonyl (C=O) groups is 1. The van der Waals surface area contributed by atoms with Gasteiger partial charge in [0.2, 0.25) is 5.91 Å². The molecular formula is C20H31N3O2. The summed E-state index contributed by atoms with van der Waals surface area (Å²) >= 11 is 0. The van der Waals surface area contributed by atoms with Crippen molar-refractivity contribution >= 4 is 5.91 Å². The highest BCUT2D eigenvalue weighted by Gasteiger charge is 2.32. The third-order valence-corrected chi connectivity index (χ3v) is 6.42. The summed E-state index contributed by atoms with van der Waals surface area (Å²) in [7, 11) is 0. The number of nitrogens with zero attached hydrogens (tertiary/aromatic N) is 3. The number of likely N-dealkylation sites (tertiary alicyclic amines) is 1. The first-order valence-electron chi connectivity index (χ1n) is 10.1. The van der Waals surface area contributed by atoms with Gasteiger partial charge in [-0.25, -0.2) is 4.98 Å². The van der Waals surface area contributed by atoms with E-state index in [1.165, 1.54) is 37.2 Å². The third kappa shape index (κ3) is 3.62. The SMILES string of the molecule is Cc1cnc(C2CCOCC2)n1C1CCN(C(=O)CC2CCCC2)C1. The Morgan fingerprint density at radius 2 is 1.96 bits per heavy atom. The van der Waals surface area contributed by atoms with E-state index >= 15 is 0 Å². The fourth-order valence-corrected chi connectivity index (χ4v) is 4.97. The van der Waals surface area contributed by atoms with Crippen molar-refractivity contribution in [1.29, 1.82) is 0 Å². The molecule has 0 bridgehead atoms. The van der Waals surface area contributed by atoms with Crippen LogP contribution in [0.1, 0.15) is 74.8 Å². The average Bonchev–Trinajstić information content (AvgIpc) is 3.36. The zero-order chi connectivity index (χ0) is 17.2. The number of hydrogen-bond acceptors (Lipinski definition) is 3. The lowest BCUT2D eigenvalue weighted by Gasteiger charge is -2.26. The van der Waals surface area contributed by atoms with Gasteiger partial charge in [0.15, 0.2) is 0 Å². The molecule has 25 heavy (non-hydrogen) atoms. The summed E-state index contributed by atoms with van der Waals surface area (Å²) in [6, 6.07) is 0.396. The van der Waals surface area contributed by atoms with Crippen molar-refractivity contribution in [2.45, 2.75) is 70.3 Å². The Morgan fingerprint density at radius 1 is 1.20 bits per heavy atom. The molecule has 1 aromatic rings. The van der Waals surface area contributed by atoms with E-state index in [0.717, 1.165) is 52.0 Å². The average molecular weight is 345 g/mol. The summed E-state index contributed by atoms with van der Waals surface area (Å²) in [4.78, 5) is 19.5.